The van der Waals surface area contributed by atoms with Crippen LogP contribution in [0, 0.1) is 0 Å². The van der Waals surface area contributed by atoms with Gasteiger partial charge in [0.2, 0.25) is 5.91 Å². The molecule has 1 aromatic carbocycles. The van der Waals surface area contributed by atoms with Gasteiger partial charge in [0, 0.05) is 13.1 Å². The molecule has 0 radical (unpaired) electrons. The molecule has 9 heteroatoms. The van der Waals surface area contributed by atoms with Gasteiger partial charge in [-0.3, -0.25) is 19.7 Å². The highest BCUT2D eigenvalue weighted by molar-refractivity contribution is 7.80. The van der Waals surface area contributed by atoms with Crippen molar-refractivity contribution < 1.29 is 23.9 Å². The number of nitrogens with zero attached hydrogens (tertiary/aromatic N) is 1. The Labute approximate surface area is 188 Å². The molecule has 0 spiro atoms. The third-order valence-corrected chi connectivity index (χ3v) is 5.16. The molecule has 0 aliphatic carbocycles. The van der Waals surface area contributed by atoms with Crippen molar-refractivity contribution in [2.75, 3.05) is 26.3 Å². The van der Waals surface area contributed by atoms with Crippen molar-refractivity contribution in [2.24, 2.45) is 0 Å². The fourth-order valence-corrected chi connectivity index (χ4v) is 3.36. The molecule has 1 fully saturated rings. The van der Waals surface area contributed by atoms with E-state index in [1.807, 2.05) is 6.92 Å². The molecule has 1 unspecified atom stereocenters. The molecule has 1 heterocycles. The van der Waals surface area contributed by atoms with Crippen molar-refractivity contribution in [3.8, 4) is 5.75 Å². The van der Waals surface area contributed by atoms with Crippen LogP contribution in [0.5, 0.6) is 5.75 Å². The average molecular weight is 450 g/mol. The van der Waals surface area contributed by atoms with Gasteiger partial charge in [0.1, 0.15) is 11.8 Å². The molecule has 1 saturated heterocycles. The number of hydrogen-bond donors (Lipinski definition) is 2. The summed E-state index contributed by atoms with van der Waals surface area (Å²) in [4.78, 5) is 38.9. The summed E-state index contributed by atoms with van der Waals surface area (Å²) in [6.45, 7) is 5.64. The molecule has 31 heavy (non-hydrogen) atoms. The van der Waals surface area contributed by atoms with Crippen molar-refractivity contribution in [3.63, 3.8) is 0 Å². The Morgan fingerprint density at radius 1 is 1.19 bits per heavy atom. The summed E-state index contributed by atoms with van der Waals surface area (Å²) in [6, 6.07) is 6.10. The second-order valence-electron chi connectivity index (χ2n) is 7.24. The van der Waals surface area contributed by atoms with Crippen molar-refractivity contribution in [2.45, 2.75) is 52.0 Å². The number of nitrogens with one attached hydrogen (secondary N) is 2. The maximum atomic E-state index is 12.8. The standard InChI is InChI=1S/C22H31N3O5S/c1-3-5-13-29-18-10-8-7-9-16(18)20(27)24-22(31)25-12-11-23-21(28)17(25)15-19(26)30-14-6-4-2/h7-10,17H,3-6,11-15H2,1-2H3,(H,23,28)(H,24,27,31). The van der Waals surface area contributed by atoms with E-state index in [9.17, 15) is 14.4 Å². The maximum absolute atomic E-state index is 12.8. The number of unbranched alkanes of at least 4 members (excludes halogenated alkanes) is 2. The molecule has 2 rings (SSSR count). The van der Waals surface area contributed by atoms with Gasteiger partial charge in [-0.05, 0) is 37.2 Å². The van der Waals surface area contributed by atoms with Gasteiger partial charge in [0.05, 0.1) is 25.2 Å². The molecule has 8 nitrogen and oxygen atoms in total. The first-order valence-corrected chi connectivity index (χ1v) is 11.2. The number of ether oxygens (including phenoxy) is 2. The zero-order chi connectivity index (χ0) is 22.6. The zero-order valence-corrected chi connectivity index (χ0v) is 19.0. The number of thiocarbonyl (C=S) groups is 1. The van der Waals surface area contributed by atoms with E-state index in [4.69, 9.17) is 21.7 Å². The number of piperazine rings is 1. The Morgan fingerprint density at radius 3 is 2.65 bits per heavy atom. The van der Waals surface area contributed by atoms with Crippen LogP contribution in [0.3, 0.4) is 0 Å². The number of rotatable bonds is 10. The largest absolute Gasteiger partial charge is 0.493 e. The van der Waals surface area contributed by atoms with Crippen LogP contribution in [0.1, 0.15) is 56.3 Å². The lowest BCUT2D eigenvalue weighted by atomic mass is 10.1. The molecule has 2 amide bonds. The highest BCUT2D eigenvalue weighted by atomic mass is 32.1. The summed E-state index contributed by atoms with van der Waals surface area (Å²) in [6.07, 6.45) is 3.40. The smallest absolute Gasteiger partial charge is 0.308 e. The highest BCUT2D eigenvalue weighted by Crippen LogP contribution is 2.19. The van der Waals surface area contributed by atoms with Crippen LogP contribution in [0.4, 0.5) is 0 Å². The number of benzene rings is 1. The fourth-order valence-electron chi connectivity index (χ4n) is 3.05. The topological polar surface area (TPSA) is 97.0 Å². The molecule has 1 aliphatic heterocycles. The molecule has 0 saturated carbocycles. The van der Waals surface area contributed by atoms with Gasteiger partial charge in [-0.2, -0.15) is 0 Å². The molecule has 2 N–H and O–H groups in total. The minimum atomic E-state index is -0.827. The molecule has 1 atom stereocenters. The van der Waals surface area contributed by atoms with Crippen molar-refractivity contribution in [3.05, 3.63) is 29.8 Å². The second-order valence-corrected chi connectivity index (χ2v) is 7.62. The minimum Gasteiger partial charge on any atom is -0.493 e. The van der Waals surface area contributed by atoms with E-state index in [2.05, 4.69) is 17.6 Å². The lowest BCUT2D eigenvalue weighted by Crippen LogP contribution is -2.60. The van der Waals surface area contributed by atoms with Crippen molar-refractivity contribution in [1.29, 1.82) is 0 Å². The quantitative estimate of drug-likeness (QED) is 0.322. The Kier molecular flexibility index (Phi) is 10.2. The Hall–Kier alpha value is -2.68. The lowest BCUT2D eigenvalue weighted by molar-refractivity contribution is -0.147. The van der Waals surface area contributed by atoms with E-state index in [-0.39, 0.29) is 17.4 Å². The van der Waals surface area contributed by atoms with Gasteiger partial charge < -0.3 is 19.7 Å². The van der Waals surface area contributed by atoms with E-state index < -0.39 is 17.9 Å². The molecule has 1 aliphatic rings. The molecule has 0 aromatic heterocycles. The summed E-state index contributed by atoms with van der Waals surface area (Å²) in [5.74, 6) is -0.737. The number of para-hydroxylation sites is 1. The predicted molar refractivity (Wildman–Crippen MR) is 121 cm³/mol. The summed E-state index contributed by atoms with van der Waals surface area (Å²) in [5, 5.41) is 5.50. The van der Waals surface area contributed by atoms with Crippen LogP contribution in [0.2, 0.25) is 0 Å². The first kappa shape index (κ1) is 24.6. The van der Waals surface area contributed by atoms with E-state index in [0.29, 0.717) is 37.6 Å². The SMILES string of the molecule is CCCCOC(=O)CC1C(=O)NCCN1C(=S)NC(=O)c1ccccc1OCCCC. The van der Waals surface area contributed by atoms with Crippen LogP contribution in [0.15, 0.2) is 24.3 Å². The highest BCUT2D eigenvalue weighted by Gasteiger charge is 2.34. The number of carbonyl (C=O) groups is 3. The van der Waals surface area contributed by atoms with E-state index in [0.717, 1.165) is 25.7 Å². The van der Waals surface area contributed by atoms with Crippen LogP contribution >= 0.6 is 12.2 Å². The molecule has 1 aromatic rings. The van der Waals surface area contributed by atoms with E-state index >= 15 is 0 Å². The van der Waals surface area contributed by atoms with Crippen LogP contribution in [0.25, 0.3) is 0 Å². The first-order valence-electron chi connectivity index (χ1n) is 10.7. The van der Waals surface area contributed by atoms with Gasteiger partial charge in [0.15, 0.2) is 5.11 Å². The van der Waals surface area contributed by atoms with Crippen LogP contribution in [-0.2, 0) is 14.3 Å². The van der Waals surface area contributed by atoms with Crippen molar-refractivity contribution >= 4 is 35.1 Å². The predicted octanol–water partition coefficient (Wildman–Crippen LogP) is 2.41. The molecule has 0 bridgehead atoms. The first-order chi connectivity index (χ1) is 15.0. The average Bonchev–Trinajstić information content (AvgIpc) is 2.75. The number of amides is 2. The summed E-state index contributed by atoms with van der Waals surface area (Å²) in [7, 11) is 0. The minimum absolute atomic E-state index is 0.0922. The van der Waals surface area contributed by atoms with Gasteiger partial charge in [0.25, 0.3) is 5.91 Å². The summed E-state index contributed by atoms with van der Waals surface area (Å²) >= 11 is 5.41. The summed E-state index contributed by atoms with van der Waals surface area (Å²) < 4.78 is 10.9. The third-order valence-electron chi connectivity index (χ3n) is 4.82. The normalized spacial score (nSPS) is 15.7. The fraction of sp³-hybridized carbons (Fsp3) is 0.545. The molecule has 170 valence electrons. The van der Waals surface area contributed by atoms with Gasteiger partial charge in [-0.25, -0.2) is 0 Å². The van der Waals surface area contributed by atoms with Gasteiger partial charge in [-0.1, -0.05) is 38.8 Å². The Balaban J connectivity index is 2.04. The molecular weight excluding hydrogens is 418 g/mol. The third kappa shape index (κ3) is 7.50. The van der Waals surface area contributed by atoms with Crippen molar-refractivity contribution in [1.82, 2.24) is 15.5 Å². The molecular formula is C22H31N3O5S. The summed E-state index contributed by atoms with van der Waals surface area (Å²) in [5.41, 5.74) is 0.359. The van der Waals surface area contributed by atoms with Crippen LogP contribution in [-0.4, -0.2) is 60.1 Å². The second kappa shape index (κ2) is 12.9. The Morgan fingerprint density at radius 2 is 1.90 bits per heavy atom. The van der Waals surface area contributed by atoms with Crippen LogP contribution < -0.4 is 15.4 Å². The Bertz CT molecular complexity index is 786. The van der Waals surface area contributed by atoms with Gasteiger partial charge >= 0.3 is 5.97 Å². The van der Waals surface area contributed by atoms with E-state index in [1.165, 1.54) is 0 Å². The monoisotopic (exact) mass is 449 g/mol. The number of esters is 1. The maximum Gasteiger partial charge on any atom is 0.308 e. The van der Waals surface area contributed by atoms with E-state index in [1.54, 1.807) is 29.2 Å². The zero-order valence-electron chi connectivity index (χ0n) is 18.1. The number of hydrogen-bond acceptors (Lipinski definition) is 6. The lowest BCUT2D eigenvalue weighted by Gasteiger charge is -2.36. The van der Waals surface area contributed by atoms with Gasteiger partial charge in [-0.15, -0.1) is 0 Å². The number of carbonyl (C=O) groups excluding carboxylic acids is 3.